The van der Waals surface area contributed by atoms with E-state index in [0.29, 0.717) is 33.4 Å². The zero-order valence-corrected chi connectivity index (χ0v) is 61.1. The van der Waals surface area contributed by atoms with Crippen molar-refractivity contribution in [1.29, 1.82) is 0 Å². The number of benzene rings is 5. The van der Waals surface area contributed by atoms with Gasteiger partial charge in [0.25, 0.3) is 6.47 Å². The number of aromatic nitrogens is 10. The molecule has 0 aliphatic rings. The molecule has 0 saturated carbocycles. The van der Waals surface area contributed by atoms with Crippen molar-refractivity contribution in [3.05, 3.63) is 232 Å². The first-order chi connectivity index (χ1) is 42.4. The first-order valence-electron chi connectivity index (χ1n) is 24.3. The summed E-state index contributed by atoms with van der Waals surface area (Å²) < 4.78 is 167. The van der Waals surface area contributed by atoms with Crippen LogP contribution in [0.5, 0.6) is 17.2 Å². The fraction of sp³-hybridized carbons (Fsp3) is 0.183. The molecule has 9 aromatic rings. The number of halogens is 13. The van der Waals surface area contributed by atoms with Gasteiger partial charge in [-0.05, 0) is 158 Å². The first-order valence-corrected chi connectivity index (χ1v) is 26.3. The number of alkyl halides is 5. The molecule has 0 saturated heterocycles. The van der Waals surface area contributed by atoms with Gasteiger partial charge in [0.05, 0.1) is 18.4 Å². The van der Waals surface area contributed by atoms with Gasteiger partial charge in [0.1, 0.15) is 95.2 Å². The van der Waals surface area contributed by atoms with Crippen LogP contribution in [0.4, 0.5) is 48.3 Å². The average Bonchev–Trinajstić information content (AvgIpc) is 1.22. The minimum atomic E-state index is -4.17. The van der Waals surface area contributed by atoms with Crippen LogP contribution in [0.2, 0.25) is 0 Å². The molecule has 34 heteroatoms. The molecular formula is C60H51Br2F11K2N10O8U. The van der Waals surface area contributed by atoms with E-state index in [1.54, 1.807) is 0 Å². The molecule has 0 radical (unpaired) electrons. The number of phenolic OH excluding ortho intramolecular Hbond substituents is 1. The molecule has 0 spiro atoms. The molecule has 0 fully saturated rings. The van der Waals surface area contributed by atoms with E-state index in [1.807, 2.05) is 0 Å². The fourth-order valence-electron chi connectivity index (χ4n) is 6.86. The molecule has 3 N–H and O–H groups in total. The van der Waals surface area contributed by atoms with Crippen LogP contribution in [-0.2, 0) is 45.8 Å². The van der Waals surface area contributed by atoms with Crippen molar-refractivity contribution in [2.75, 3.05) is 18.5 Å². The van der Waals surface area contributed by atoms with E-state index < -0.39 is 87.7 Å². The summed E-state index contributed by atoms with van der Waals surface area (Å²) in [5.41, 5.74) is -9.49. The normalized spacial score (nSPS) is 11.1. The molecule has 4 aromatic heterocycles. The van der Waals surface area contributed by atoms with Gasteiger partial charge in [-0.25, -0.2) is 40.1 Å². The number of pyridine rings is 2. The average molecular weight is 1730 g/mol. The number of hydrogen-bond donors (Lipinski definition) is 3. The van der Waals surface area contributed by atoms with E-state index in [-0.39, 0.29) is 193 Å². The van der Waals surface area contributed by atoms with Gasteiger partial charge in [-0.1, -0.05) is 54.5 Å². The Bertz CT molecular complexity index is 3770. The predicted octanol–water partition coefficient (Wildman–Crippen LogP) is 4.60. The van der Waals surface area contributed by atoms with Gasteiger partial charge in [0.2, 0.25) is 0 Å². The number of terminal acetylenes is 2. The molecule has 0 amide bonds. The van der Waals surface area contributed by atoms with Crippen LogP contribution in [-0.4, -0.2) is 90.7 Å². The number of aromatic hydroxyl groups is 1. The van der Waals surface area contributed by atoms with Crippen LogP contribution in [0.25, 0.3) is 0 Å². The Morgan fingerprint density at radius 3 is 1.30 bits per heavy atom. The summed E-state index contributed by atoms with van der Waals surface area (Å²) in [5, 5.41) is 59.9. The van der Waals surface area contributed by atoms with E-state index in [0.717, 1.165) is 70.8 Å². The summed E-state index contributed by atoms with van der Waals surface area (Å²) in [7, 11) is 0. The molecule has 18 nitrogen and oxygen atoms in total. The zero-order chi connectivity index (χ0) is 65.6. The number of carbonyl (C=O) groups excluding carboxylic acids is 1. The third-order valence-corrected chi connectivity index (χ3v) is 11.7. The Hall–Kier alpha value is -5.52. The van der Waals surface area contributed by atoms with Crippen LogP contribution in [0.15, 0.2) is 163 Å². The van der Waals surface area contributed by atoms with Crippen molar-refractivity contribution in [3.8, 4) is 53.8 Å². The Balaban J connectivity index is -0.00000125. The van der Waals surface area contributed by atoms with Crippen LogP contribution < -0.4 is 118 Å². The Labute approximate surface area is 658 Å². The van der Waals surface area contributed by atoms with Crippen molar-refractivity contribution in [1.82, 2.24) is 50.4 Å². The van der Waals surface area contributed by atoms with Gasteiger partial charge < -0.3 is 36.4 Å². The van der Waals surface area contributed by atoms with Crippen molar-refractivity contribution < 1.29 is 223 Å². The molecule has 2 unspecified atom stereocenters. The molecule has 0 aliphatic carbocycles. The van der Waals surface area contributed by atoms with Crippen LogP contribution in [0, 0.1) is 108 Å². The van der Waals surface area contributed by atoms with Crippen molar-refractivity contribution in [2.24, 2.45) is 0 Å². The Morgan fingerprint density at radius 2 is 0.979 bits per heavy atom. The zero-order valence-electron chi connectivity index (χ0n) is 48.5. The van der Waals surface area contributed by atoms with Crippen molar-refractivity contribution in [3.63, 3.8) is 0 Å². The fourth-order valence-corrected chi connectivity index (χ4v) is 7.09. The van der Waals surface area contributed by atoms with E-state index in [9.17, 15) is 40.9 Å². The van der Waals surface area contributed by atoms with Gasteiger partial charge >= 0.3 is 115 Å². The summed E-state index contributed by atoms with van der Waals surface area (Å²) in [6, 6.07) is 24.3. The SMILES string of the molecule is C.C.C#CCBr.C#CCOc1ccc(F)cc1.O=CO[O-].OC(Cn1cnnn1)(c1ccc(F)cc1F)C(F)(F)c1ccc(Br)cn1.OC(Cn1cnnn1)(c1ccc(F)cc1F)C(F)(F)c1ccc(C#CCOc2ccc(F)cc2)cn1.Oc1ccc(F)cc1.[H-].[K+].[K+].[U]. The second-order valence-corrected chi connectivity index (χ2v) is 18.4. The minimum absolute atomic E-state index is 0. The summed E-state index contributed by atoms with van der Waals surface area (Å²) in [5.74, 6) is -2.87. The van der Waals surface area contributed by atoms with Crippen molar-refractivity contribution >= 4 is 38.3 Å². The largest absolute Gasteiger partial charge is 1.00 e. The minimum Gasteiger partial charge on any atom is -1.00 e. The summed E-state index contributed by atoms with van der Waals surface area (Å²) in [4.78, 5) is 18.6. The van der Waals surface area contributed by atoms with Gasteiger partial charge in [0.15, 0.2) is 11.2 Å². The number of ether oxygens (including phenoxy) is 2. The molecule has 2 atom stereocenters. The van der Waals surface area contributed by atoms with E-state index >= 15 is 17.6 Å². The number of tetrazole rings is 2. The van der Waals surface area contributed by atoms with E-state index in [4.69, 9.17) is 37.5 Å². The molecule has 486 valence electrons. The predicted molar refractivity (Wildman–Crippen MR) is 312 cm³/mol. The number of rotatable bonds is 15. The van der Waals surface area contributed by atoms with E-state index in [2.05, 4.69) is 101 Å². The van der Waals surface area contributed by atoms with E-state index in [1.165, 1.54) is 84.9 Å². The number of carbonyl (C=O) groups is 1. The molecule has 5 aromatic carbocycles. The molecule has 0 aliphatic heterocycles. The van der Waals surface area contributed by atoms with Gasteiger partial charge in [-0.3, -0.25) is 14.8 Å². The monoisotopic (exact) mass is 1720 g/mol. The number of phenols is 1. The van der Waals surface area contributed by atoms with Crippen LogP contribution in [0.1, 0.15) is 44.4 Å². The summed E-state index contributed by atoms with van der Waals surface area (Å²) in [6.45, 7) is -1.88. The maximum Gasteiger partial charge on any atom is 1.00 e. The van der Waals surface area contributed by atoms with Gasteiger partial charge in [0, 0.05) is 76.8 Å². The quantitative estimate of drug-likeness (QED) is 0.0242. The second kappa shape index (κ2) is 45.8. The number of nitrogens with zero attached hydrogens (tertiary/aromatic N) is 10. The topological polar surface area (TPSA) is 241 Å². The van der Waals surface area contributed by atoms with Gasteiger partial charge in [-0.15, -0.1) is 23.0 Å². The molecule has 9 rings (SSSR count). The van der Waals surface area contributed by atoms with Crippen LogP contribution >= 0.6 is 31.9 Å². The Morgan fingerprint density at radius 1 is 0.596 bits per heavy atom. The third-order valence-electron chi connectivity index (χ3n) is 10.9. The standard InChI is InChI=1S/C24H16F5N5O2.C15H10BrF4N5O.C9H7FO.C6H5FO.C3H3Br.CH2O3.2CH4.2K.U.H/c25-17-4-7-19(8-5-17)36-11-1-2-16-3-10-22(30-13-16)24(28,29)23(35,14-34-15-31-32-33-34)20-9-6-18(26)12-21(20)27;16-9-1-4-13(21-6-9)15(19,20)14(26,7-25-8-22-23-24-25)11-3-2-10(17)5-12(11)18;1-2-7-11-9-5-3-8(10)4-6-9;7-5-1-3-6(8)4-2-5;1-2-3-4;2-1-4-3;;;;;;/h3-10,12-13,15,35H,11,14H2;1-6,8,26H,7H2;1,3-6H,7H2;1-4,8H;1H,3H2;1,3H;2*1H4;;;;/q;;;;;;;;2*+1;;-1/p-1. The first kappa shape index (κ1) is 90.5. The summed E-state index contributed by atoms with van der Waals surface area (Å²) >= 11 is 6.09. The maximum atomic E-state index is 15.7. The van der Waals surface area contributed by atoms with Crippen LogP contribution in [0.3, 0.4) is 0 Å². The maximum absolute atomic E-state index is 15.7. The summed E-state index contributed by atoms with van der Waals surface area (Å²) in [6.07, 6.45) is 13.8. The second-order valence-electron chi connectivity index (χ2n) is 16.9. The third kappa shape index (κ3) is 28.3. The molecular weight excluding hydrogens is 1670 g/mol. The molecule has 4 heterocycles. The van der Waals surface area contributed by atoms with Crippen molar-refractivity contribution in [2.45, 2.75) is 51.0 Å². The smallest absolute Gasteiger partial charge is 1.00 e. The number of aliphatic hydroxyl groups is 2. The molecule has 94 heavy (non-hydrogen) atoms. The number of hydrogen-bond acceptors (Lipinski definition) is 16. The van der Waals surface area contributed by atoms with Gasteiger partial charge in [-0.2, -0.15) is 17.6 Å². The Kier molecular flexibility index (Phi) is 44.1. The molecule has 0 bridgehead atoms.